The molecule has 0 aliphatic heterocycles. The molecule has 118 valence electrons. The van der Waals surface area contributed by atoms with Crippen molar-refractivity contribution in [3.8, 4) is 0 Å². The molecule has 2 rings (SSSR count). The summed E-state index contributed by atoms with van der Waals surface area (Å²) in [5.41, 5.74) is 6.83. The van der Waals surface area contributed by atoms with E-state index < -0.39 is 11.5 Å². The topological polar surface area (TPSA) is 63.3 Å². The third kappa shape index (κ3) is 5.24. The highest BCUT2D eigenvalue weighted by atomic mass is 16.4. The fourth-order valence-electron chi connectivity index (χ4n) is 2.20. The fraction of sp³-hybridized carbons (Fsp3) is 0.150. The van der Waals surface area contributed by atoms with Crippen LogP contribution in [-0.2, 0) is 4.79 Å². The van der Waals surface area contributed by atoms with E-state index in [1.807, 2.05) is 85.0 Å². The molecular formula is C20H21NO2. The Morgan fingerprint density at radius 2 is 1.26 bits per heavy atom. The minimum absolute atomic E-state index is 0.274. The molecule has 2 aromatic rings. The van der Waals surface area contributed by atoms with Crippen molar-refractivity contribution < 1.29 is 9.90 Å². The normalized spacial score (nSPS) is 14.1. The van der Waals surface area contributed by atoms with Gasteiger partial charge in [0.2, 0.25) is 0 Å². The van der Waals surface area contributed by atoms with Crippen LogP contribution in [0.5, 0.6) is 0 Å². The summed E-state index contributed by atoms with van der Waals surface area (Å²) in [7, 11) is 0. The van der Waals surface area contributed by atoms with Gasteiger partial charge in [0.05, 0.1) is 0 Å². The summed E-state index contributed by atoms with van der Waals surface area (Å²) in [4.78, 5) is 11.5. The molecule has 0 aliphatic rings. The van der Waals surface area contributed by atoms with Crippen molar-refractivity contribution in [3.63, 3.8) is 0 Å². The summed E-state index contributed by atoms with van der Waals surface area (Å²) in [5.74, 6) is -0.993. The van der Waals surface area contributed by atoms with E-state index in [2.05, 4.69) is 0 Å². The Kier molecular flexibility index (Phi) is 5.89. The molecule has 0 radical (unpaired) electrons. The molecule has 0 saturated heterocycles. The highest BCUT2D eigenvalue weighted by Gasteiger charge is 2.31. The monoisotopic (exact) mass is 307 g/mol. The maximum Gasteiger partial charge on any atom is 0.324 e. The molecule has 0 aromatic heterocycles. The highest BCUT2D eigenvalue weighted by Crippen LogP contribution is 2.17. The van der Waals surface area contributed by atoms with Crippen LogP contribution in [0.15, 0.2) is 72.8 Å². The van der Waals surface area contributed by atoms with Crippen molar-refractivity contribution >= 4 is 18.1 Å². The SMILES string of the molecule is NC(CC=Cc1ccccc1)(CC=Cc1ccccc1)C(=O)O. The summed E-state index contributed by atoms with van der Waals surface area (Å²) >= 11 is 0. The van der Waals surface area contributed by atoms with Gasteiger partial charge in [-0.15, -0.1) is 0 Å². The molecule has 23 heavy (non-hydrogen) atoms. The van der Waals surface area contributed by atoms with Gasteiger partial charge in [0.25, 0.3) is 0 Å². The smallest absolute Gasteiger partial charge is 0.324 e. The molecule has 0 amide bonds. The van der Waals surface area contributed by atoms with Gasteiger partial charge >= 0.3 is 5.97 Å². The van der Waals surface area contributed by atoms with Crippen LogP contribution in [0.3, 0.4) is 0 Å². The number of hydrogen-bond donors (Lipinski definition) is 2. The summed E-state index contributed by atoms with van der Waals surface area (Å²) in [6.45, 7) is 0. The molecule has 0 heterocycles. The molecule has 0 aliphatic carbocycles. The summed E-state index contributed by atoms with van der Waals surface area (Å²) < 4.78 is 0. The van der Waals surface area contributed by atoms with E-state index in [1.165, 1.54) is 0 Å². The molecular weight excluding hydrogens is 286 g/mol. The average molecular weight is 307 g/mol. The van der Waals surface area contributed by atoms with Gasteiger partial charge in [-0.3, -0.25) is 4.79 Å². The van der Waals surface area contributed by atoms with E-state index in [0.29, 0.717) is 0 Å². The lowest BCUT2D eigenvalue weighted by atomic mass is 9.91. The van der Waals surface area contributed by atoms with Gasteiger partial charge in [0.15, 0.2) is 0 Å². The number of carbonyl (C=O) groups is 1. The third-order valence-electron chi connectivity index (χ3n) is 3.61. The number of rotatable bonds is 7. The predicted molar refractivity (Wildman–Crippen MR) is 94.7 cm³/mol. The van der Waals surface area contributed by atoms with E-state index in [1.54, 1.807) is 0 Å². The molecule has 0 atom stereocenters. The van der Waals surface area contributed by atoms with Crippen LogP contribution in [0.25, 0.3) is 12.2 Å². The minimum Gasteiger partial charge on any atom is -0.480 e. The van der Waals surface area contributed by atoms with Crippen LogP contribution in [0, 0.1) is 0 Å². The maximum absolute atomic E-state index is 11.5. The first-order chi connectivity index (χ1) is 11.1. The first kappa shape index (κ1) is 16.7. The molecule has 0 saturated carbocycles. The van der Waals surface area contributed by atoms with Gasteiger partial charge in [0.1, 0.15) is 5.54 Å². The lowest BCUT2D eigenvalue weighted by Gasteiger charge is -2.21. The van der Waals surface area contributed by atoms with Crippen molar-refractivity contribution in [3.05, 3.63) is 83.9 Å². The molecule has 3 N–H and O–H groups in total. The predicted octanol–water partition coefficient (Wildman–Crippen LogP) is 3.98. The van der Waals surface area contributed by atoms with Gasteiger partial charge in [-0.05, 0) is 24.0 Å². The maximum atomic E-state index is 11.5. The van der Waals surface area contributed by atoms with Crippen LogP contribution < -0.4 is 5.73 Å². The van der Waals surface area contributed by atoms with Gasteiger partial charge in [-0.1, -0.05) is 85.0 Å². The van der Waals surface area contributed by atoms with E-state index in [9.17, 15) is 9.90 Å². The molecule has 3 heteroatoms. The Bertz CT molecular complexity index is 624. The summed E-state index contributed by atoms with van der Waals surface area (Å²) in [5, 5.41) is 9.43. The first-order valence-corrected chi connectivity index (χ1v) is 7.56. The zero-order valence-corrected chi connectivity index (χ0v) is 12.9. The zero-order chi connectivity index (χ0) is 16.5. The van der Waals surface area contributed by atoms with Crippen molar-refractivity contribution in [2.24, 2.45) is 5.73 Å². The van der Waals surface area contributed by atoms with Crippen molar-refractivity contribution in [1.82, 2.24) is 0 Å². The Morgan fingerprint density at radius 3 is 1.61 bits per heavy atom. The second-order valence-corrected chi connectivity index (χ2v) is 5.50. The molecule has 0 fully saturated rings. The molecule has 0 spiro atoms. The van der Waals surface area contributed by atoms with E-state index >= 15 is 0 Å². The second-order valence-electron chi connectivity index (χ2n) is 5.50. The van der Waals surface area contributed by atoms with Gasteiger partial charge in [-0.2, -0.15) is 0 Å². The Labute approximate surface area is 136 Å². The first-order valence-electron chi connectivity index (χ1n) is 7.56. The molecule has 0 unspecified atom stereocenters. The highest BCUT2D eigenvalue weighted by molar-refractivity contribution is 5.79. The van der Waals surface area contributed by atoms with Crippen molar-refractivity contribution in [2.45, 2.75) is 18.4 Å². The number of hydrogen-bond acceptors (Lipinski definition) is 2. The van der Waals surface area contributed by atoms with Gasteiger partial charge in [0, 0.05) is 0 Å². The number of carboxylic acid groups (broad SMARTS) is 1. The Morgan fingerprint density at radius 1 is 0.870 bits per heavy atom. The standard InChI is InChI=1S/C20H21NO2/c21-20(19(22)23,15-7-13-17-9-3-1-4-10-17)16-8-14-18-11-5-2-6-12-18/h1-14H,15-16,21H2,(H,22,23). The van der Waals surface area contributed by atoms with Crippen molar-refractivity contribution in [1.29, 1.82) is 0 Å². The zero-order valence-electron chi connectivity index (χ0n) is 12.9. The van der Waals surface area contributed by atoms with Gasteiger partial charge < -0.3 is 10.8 Å². The Hall–Kier alpha value is -2.65. The van der Waals surface area contributed by atoms with Crippen LogP contribution in [0.1, 0.15) is 24.0 Å². The lowest BCUT2D eigenvalue weighted by Crippen LogP contribution is -2.47. The van der Waals surface area contributed by atoms with Crippen LogP contribution in [-0.4, -0.2) is 16.6 Å². The number of nitrogens with two attached hydrogens (primary N) is 1. The average Bonchev–Trinajstić information content (AvgIpc) is 2.57. The number of aliphatic carboxylic acids is 1. The second kappa shape index (κ2) is 8.11. The summed E-state index contributed by atoms with van der Waals surface area (Å²) in [6.07, 6.45) is 7.98. The molecule has 2 aromatic carbocycles. The Balaban J connectivity index is 2.00. The summed E-state index contributed by atoms with van der Waals surface area (Å²) in [6, 6.07) is 19.5. The van der Waals surface area contributed by atoms with Crippen LogP contribution >= 0.6 is 0 Å². The number of benzene rings is 2. The van der Waals surface area contributed by atoms with E-state index in [4.69, 9.17) is 5.73 Å². The van der Waals surface area contributed by atoms with E-state index in [-0.39, 0.29) is 12.8 Å². The molecule has 0 bridgehead atoms. The largest absolute Gasteiger partial charge is 0.480 e. The van der Waals surface area contributed by atoms with Crippen molar-refractivity contribution in [2.75, 3.05) is 0 Å². The van der Waals surface area contributed by atoms with Crippen LogP contribution in [0.4, 0.5) is 0 Å². The van der Waals surface area contributed by atoms with Gasteiger partial charge in [-0.25, -0.2) is 0 Å². The lowest BCUT2D eigenvalue weighted by molar-refractivity contribution is -0.143. The minimum atomic E-state index is -1.30. The third-order valence-corrected chi connectivity index (χ3v) is 3.61. The fourth-order valence-corrected chi connectivity index (χ4v) is 2.20. The van der Waals surface area contributed by atoms with Crippen LogP contribution in [0.2, 0.25) is 0 Å². The number of carboxylic acids is 1. The molecule has 3 nitrogen and oxygen atoms in total. The quantitative estimate of drug-likeness (QED) is 0.813. The van der Waals surface area contributed by atoms with E-state index in [0.717, 1.165) is 11.1 Å².